The lowest BCUT2D eigenvalue weighted by Gasteiger charge is -2.18. The van der Waals surface area contributed by atoms with Gasteiger partial charge in [-0.05, 0) is 24.5 Å². The van der Waals surface area contributed by atoms with Gasteiger partial charge in [-0.3, -0.25) is 9.59 Å². The van der Waals surface area contributed by atoms with E-state index in [1.807, 2.05) is 32.0 Å². The van der Waals surface area contributed by atoms with E-state index in [2.05, 4.69) is 15.5 Å². The van der Waals surface area contributed by atoms with Crippen molar-refractivity contribution in [2.45, 2.75) is 39.2 Å². The minimum atomic E-state index is -0.993. The molecule has 1 unspecified atom stereocenters. The van der Waals surface area contributed by atoms with Gasteiger partial charge < -0.3 is 14.9 Å². The molecule has 2 aromatic heterocycles. The predicted octanol–water partition coefficient (Wildman–Crippen LogP) is 3.60. The highest BCUT2D eigenvalue weighted by atomic mass is 16.5. The maximum absolute atomic E-state index is 13.0. The van der Waals surface area contributed by atoms with Crippen molar-refractivity contribution in [1.82, 2.24) is 15.5 Å². The molecule has 0 saturated carbocycles. The minimum Gasteiger partial charge on any atom is -0.481 e. The second kappa shape index (κ2) is 7.57. The molecule has 7 nitrogen and oxygen atoms in total. The summed E-state index contributed by atoms with van der Waals surface area (Å²) in [6.45, 7) is 5.68. The van der Waals surface area contributed by atoms with Gasteiger partial charge in [0.05, 0.1) is 29.1 Å². The number of amides is 1. The number of hydrogen-bond donors (Lipinski definition) is 2. The molecular weight excluding hydrogens is 346 g/mol. The summed E-state index contributed by atoms with van der Waals surface area (Å²) in [5, 5.41) is 16.5. The van der Waals surface area contributed by atoms with Crippen molar-refractivity contribution in [3.8, 4) is 0 Å². The van der Waals surface area contributed by atoms with Crippen molar-refractivity contribution in [3.63, 3.8) is 0 Å². The lowest BCUT2D eigenvalue weighted by Crippen LogP contribution is -2.30. The van der Waals surface area contributed by atoms with Crippen LogP contribution < -0.4 is 5.32 Å². The highest BCUT2D eigenvalue weighted by molar-refractivity contribution is 6.06. The second-order valence-electron chi connectivity index (χ2n) is 6.73. The van der Waals surface area contributed by atoms with Crippen LogP contribution >= 0.6 is 0 Å². The number of pyridine rings is 1. The van der Waals surface area contributed by atoms with Crippen molar-refractivity contribution in [1.29, 1.82) is 0 Å². The fourth-order valence-corrected chi connectivity index (χ4v) is 2.94. The molecule has 1 amide bonds. The Labute approximate surface area is 156 Å². The van der Waals surface area contributed by atoms with Crippen LogP contribution in [0.15, 0.2) is 40.9 Å². The molecule has 3 aromatic rings. The monoisotopic (exact) mass is 367 g/mol. The van der Waals surface area contributed by atoms with Gasteiger partial charge in [0.2, 0.25) is 0 Å². The molecule has 0 spiro atoms. The Bertz CT molecular complexity index is 980. The summed E-state index contributed by atoms with van der Waals surface area (Å²) in [7, 11) is 0. The van der Waals surface area contributed by atoms with Crippen LogP contribution in [0.25, 0.3) is 11.1 Å². The number of aromatic nitrogens is 2. The third-order valence-corrected chi connectivity index (χ3v) is 4.36. The molecule has 0 radical (unpaired) electrons. The first kappa shape index (κ1) is 18.6. The van der Waals surface area contributed by atoms with Crippen LogP contribution in [-0.4, -0.2) is 27.1 Å². The van der Waals surface area contributed by atoms with Crippen molar-refractivity contribution < 1.29 is 19.2 Å². The Balaban J connectivity index is 2.01. The number of hydrogen-bond acceptors (Lipinski definition) is 5. The summed E-state index contributed by atoms with van der Waals surface area (Å²) >= 11 is 0. The largest absolute Gasteiger partial charge is 0.481 e. The standard InChI is InChI=1S/C20H21N3O4/c1-11(2)15-9-14(18-12(3)23-27-20(18)22-15)19(26)21-16(10-17(24)25)13-7-5-4-6-8-13/h4-9,11,16H,10H2,1-3H3,(H,21,26)(H,24,25). The SMILES string of the molecule is Cc1noc2nc(C(C)C)cc(C(=O)NC(CC(=O)O)c3ccccc3)c12. The van der Waals surface area contributed by atoms with E-state index in [1.54, 1.807) is 25.1 Å². The predicted molar refractivity (Wildman–Crippen MR) is 99.5 cm³/mol. The number of nitrogens with one attached hydrogen (secondary N) is 1. The maximum Gasteiger partial charge on any atom is 0.305 e. The lowest BCUT2D eigenvalue weighted by molar-refractivity contribution is -0.137. The summed E-state index contributed by atoms with van der Waals surface area (Å²) < 4.78 is 5.25. The van der Waals surface area contributed by atoms with Gasteiger partial charge in [-0.25, -0.2) is 4.98 Å². The number of carbonyl (C=O) groups is 2. The third kappa shape index (κ3) is 3.97. The van der Waals surface area contributed by atoms with Gasteiger partial charge in [-0.15, -0.1) is 0 Å². The molecule has 2 heterocycles. The van der Waals surface area contributed by atoms with Crippen LogP contribution in [0.5, 0.6) is 0 Å². The summed E-state index contributed by atoms with van der Waals surface area (Å²) in [6, 6.07) is 10.1. The molecule has 27 heavy (non-hydrogen) atoms. The normalized spacial score (nSPS) is 12.3. The van der Waals surface area contributed by atoms with E-state index in [1.165, 1.54) is 0 Å². The molecule has 1 atom stereocenters. The highest BCUT2D eigenvalue weighted by Crippen LogP contribution is 2.26. The molecule has 3 rings (SSSR count). The number of aliphatic carboxylic acids is 1. The summed E-state index contributed by atoms with van der Waals surface area (Å²) in [5.41, 5.74) is 2.68. The van der Waals surface area contributed by atoms with Gasteiger partial charge >= 0.3 is 5.97 Å². The van der Waals surface area contributed by atoms with E-state index in [0.29, 0.717) is 28.1 Å². The average molecular weight is 367 g/mol. The Morgan fingerprint density at radius 3 is 2.56 bits per heavy atom. The minimum absolute atomic E-state index is 0.0929. The molecule has 140 valence electrons. The molecule has 7 heteroatoms. The Kier molecular flexibility index (Phi) is 5.21. The first-order valence-corrected chi connectivity index (χ1v) is 8.71. The third-order valence-electron chi connectivity index (χ3n) is 4.36. The van der Waals surface area contributed by atoms with Crippen LogP contribution in [0, 0.1) is 6.92 Å². The second-order valence-corrected chi connectivity index (χ2v) is 6.73. The number of fused-ring (bicyclic) bond motifs is 1. The summed E-state index contributed by atoms with van der Waals surface area (Å²) in [4.78, 5) is 28.8. The van der Waals surface area contributed by atoms with E-state index in [4.69, 9.17) is 4.52 Å². The van der Waals surface area contributed by atoms with Crippen molar-refractivity contribution in [3.05, 3.63) is 58.9 Å². The van der Waals surface area contributed by atoms with Crippen molar-refractivity contribution in [2.24, 2.45) is 0 Å². The van der Waals surface area contributed by atoms with Crippen LogP contribution in [-0.2, 0) is 4.79 Å². The first-order chi connectivity index (χ1) is 12.9. The zero-order valence-corrected chi connectivity index (χ0v) is 15.4. The van der Waals surface area contributed by atoms with E-state index < -0.39 is 12.0 Å². The lowest BCUT2D eigenvalue weighted by atomic mass is 10.0. The number of carboxylic acids is 1. The molecular formula is C20H21N3O4. The molecule has 2 N–H and O–H groups in total. The summed E-state index contributed by atoms with van der Waals surface area (Å²) in [5.74, 6) is -1.28. The van der Waals surface area contributed by atoms with E-state index in [9.17, 15) is 14.7 Å². The average Bonchev–Trinajstić information content (AvgIpc) is 3.02. The zero-order valence-electron chi connectivity index (χ0n) is 15.4. The molecule has 1 aromatic carbocycles. The highest BCUT2D eigenvalue weighted by Gasteiger charge is 2.23. The molecule has 0 aliphatic heterocycles. The summed E-state index contributed by atoms with van der Waals surface area (Å²) in [6.07, 6.45) is -0.219. The number of carbonyl (C=O) groups excluding carboxylic acids is 1. The Hall–Kier alpha value is -3.22. The van der Waals surface area contributed by atoms with Crippen LogP contribution in [0.3, 0.4) is 0 Å². The van der Waals surface area contributed by atoms with Crippen LogP contribution in [0.4, 0.5) is 0 Å². The van der Waals surface area contributed by atoms with Crippen molar-refractivity contribution in [2.75, 3.05) is 0 Å². The molecule has 0 aliphatic carbocycles. The van der Waals surface area contributed by atoms with Gasteiger partial charge in [0.25, 0.3) is 11.6 Å². The fourth-order valence-electron chi connectivity index (χ4n) is 2.94. The number of benzene rings is 1. The number of nitrogens with zero attached hydrogens (tertiary/aromatic N) is 2. The number of aryl methyl sites for hydroxylation is 1. The van der Waals surface area contributed by atoms with Crippen LogP contribution in [0.1, 0.15) is 59.5 Å². The van der Waals surface area contributed by atoms with E-state index in [-0.39, 0.29) is 18.2 Å². The van der Waals surface area contributed by atoms with E-state index in [0.717, 1.165) is 5.56 Å². The van der Waals surface area contributed by atoms with Gasteiger partial charge in [0.15, 0.2) is 0 Å². The van der Waals surface area contributed by atoms with E-state index >= 15 is 0 Å². The van der Waals surface area contributed by atoms with Gasteiger partial charge in [-0.1, -0.05) is 49.3 Å². The van der Waals surface area contributed by atoms with Gasteiger partial charge in [0, 0.05) is 5.69 Å². The topological polar surface area (TPSA) is 105 Å². The first-order valence-electron chi connectivity index (χ1n) is 8.71. The Morgan fingerprint density at radius 1 is 1.22 bits per heavy atom. The molecule has 0 fully saturated rings. The van der Waals surface area contributed by atoms with Crippen molar-refractivity contribution >= 4 is 23.0 Å². The maximum atomic E-state index is 13.0. The van der Waals surface area contributed by atoms with Gasteiger partial charge in [-0.2, -0.15) is 0 Å². The number of rotatable bonds is 6. The van der Waals surface area contributed by atoms with Crippen LogP contribution in [0.2, 0.25) is 0 Å². The zero-order chi connectivity index (χ0) is 19.6. The fraction of sp³-hybridized carbons (Fsp3) is 0.300. The molecule has 0 bridgehead atoms. The van der Waals surface area contributed by atoms with Gasteiger partial charge in [0.1, 0.15) is 0 Å². The smallest absolute Gasteiger partial charge is 0.305 e. The Morgan fingerprint density at radius 2 is 1.93 bits per heavy atom. The quantitative estimate of drug-likeness (QED) is 0.689. The number of carboxylic acid groups (broad SMARTS) is 1. The molecule has 0 saturated heterocycles. The molecule has 0 aliphatic rings.